The van der Waals surface area contributed by atoms with Crippen LogP contribution in [0.3, 0.4) is 0 Å². The van der Waals surface area contributed by atoms with E-state index in [0.29, 0.717) is 0 Å². The summed E-state index contributed by atoms with van der Waals surface area (Å²) in [4.78, 5) is 33.5. The molecule has 2 fully saturated rings. The van der Waals surface area contributed by atoms with E-state index in [-0.39, 0.29) is 40.6 Å². The Bertz CT molecular complexity index is 667. The van der Waals surface area contributed by atoms with Crippen LogP contribution in [0.4, 0.5) is 0 Å². The largest absolute Gasteiger partial charge is 0.481 e. The molecule has 2 aliphatic heterocycles. The van der Waals surface area contributed by atoms with Gasteiger partial charge in [0.25, 0.3) is 0 Å². The molecule has 0 amide bonds. The molecule has 6 heteroatoms. The SMILES string of the molecule is CC1(C)CCCC(C)(C)N1OC(=O)C(CCCCCCCC(=O)O)N1C(C)(C)CCCC1(C)C. The lowest BCUT2D eigenvalue weighted by atomic mass is 9.77. The molecule has 1 unspecified atom stereocenters. The van der Waals surface area contributed by atoms with Crippen molar-refractivity contribution in [3.63, 3.8) is 0 Å². The van der Waals surface area contributed by atoms with Gasteiger partial charge < -0.3 is 9.94 Å². The van der Waals surface area contributed by atoms with Gasteiger partial charge >= 0.3 is 11.9 Å². The van der Waals surface area contributed by atoms with Gasteiger partial charge in [-0.15, -0.1) is 5.06 Å². The van der Waals surface area contributed by atoms with Crippen LogP contribution in [0.25, 0.3) is 0 Å². The highest BCUT2D eigenvalue weighted by Gasteiger charge is 2.50. The first-order valence-corrected chi connectivity index (χ1v) is 13.6. The average molecular weight is 481 g/mol. The summed E-state index contributed by atoms with van der Waals surface area (Å²) in [5, 5.41) is 10.8. The fraction of sp³-hybridized carbons (Fsp3) is 0.929. The maximum atomic E-state index is 13.9. The van der Waals surface area contributed by atoms with E-state index in [1.165, 1.54) is 6.42 Å². The number of carboxylic acid groups (broad SMARTS) is 1. The highest BCUT2D eigenvalue weighted by molar-refractivity contribution is 5.76. The summed E-state index contributed by atoms with van der Waals surface area (Å²) >= 11 is 0. The molecule has 2 rings (SSSR count). The Balaban J connectivity index is 2.17. The van der Waals surface area contributed by atoms with Crippen molar-refractivity contribution in [1.82, 2.24) is 9.96 Å². The fourth-order valence-corrected chi connectivity index (χ4v) is 6.73. The molecule has 0 aromatic heterocycles. The van der Waals surface area contributed by atoms with Gasteiger partial charge in [0.1, 0.15) is 6.04 Å². The quantitative estimate of drug-likeness (QED) is 0.331. The second-order valence-electron chi connectivity index (χ2n) is 13.2. The molecule has 0 aromatic carbocycles. The summed E-state index contributed by atoms with van der Waals surface area (Å²) in [5.74, 6) is -0.835. The number of rotatable bonds is 11. The number of carboxylic acids is 1. The standard InChI is InChI=1S/C28H52N2O4/c1-25(2)18-14-19-26(3,4)29(25)22(16-12-10-9-11-13-17-23(31)32)24(33)34-30-27(5,6)20-15-21-28(30,7)8/h22H,9-21H2,1-8H3,(H,31,32). The smallest absolute Gasteiger partial charge is 0.342 e. The second kappa shape index (κ2) is 11.3. The first kappa shape index (κ1) is 29.1. The predicted molar refractivity (Wildman–Crippen MR) is 138 cm³/mol. The number of hydrogen-bond acceptors (Lipinski definition) is 5. The zero-order valence-electron chi connectivity index (χ0n) is 23.3. The van der Waals surface area contributed by atoms with Gasteiger partial charge in [0.05, 0.1) is 11.1 Å². The molecule has 6 nitrogen and oxygen atoms in total. The van der Waals surface area contributed by atoms with Gasteiger partial charge in [0.15, 0.2) is 0 Å². The van der Waals surface area contributed by atoms with Gasteiger partial charge in [0.2, 0.25) is 0 Å². The summed E-state index contributed by atoms with van der Waals surface area (Å²) in [6, 6.07) is -0.280. The molecule has 0 saturated carbocycles. The van der Waals surface area contributed by atoms with Crippen LogP contribution in [0.5, 0.6) is 0 Å². The van der Waals surface area contributed by atoms with E-state index >= 15 is 0 Å². The summed E-state index contributed by atoms with van der Waals surface area (Å²) in [6.07, 6.45) is 12.2. The molecule has 2 heterocycles. The lowest BCUT2D eigenvalue weighted by molar-refractivity contribution is -0.272. The Hall–Kier alpha value is -1.14. The third kappa shape index (κ3) is 7.43. The minimum atomic E-state index is -0.721. The number of hydrogen-bond donors (Lipinski definition) is 1. The summed E-state index contributed by atoms with van der Waals surface area (Å²) in [5.41, 5.74) is -0.502. The fourth-order valence-electron chi connectivity index (χ4n) is 6.73. The van der Waals surface area contributed by atoms with Crippen molar-refractivity contribution < 1.29 is 19.5 Å². The monoisotopic (exact) mass is 480 g/mol. The van der Waals surface area contributed by atoms with Crippen molar-refractivity contribution in [2.45, 2.75) is 167 Å². The second-order valence-corrected chi connectivity index (χ2v) is 13.2. The van der Waals surface area contributed by atoms with Crippen molar-refractivity contribution in [3.05, 3.63) is 0 Å². The maximum absolute atomic E-state index is 13.9. The van der Waals surface area contributed by atoms with E-state index in [9.17, 15) is 9.59 Å². The minimum absolute atomic E-state index is 0.0696. The minimum Gasteiger partial charge on any atom is -0.481 e. The molecular formula is C28H52N2O4. The zero-order valence-corrected chi connectivity index (χ0v) is 23.3. The van der Waals surface area contributed by atoms with E-state index in [2.05, 4.69) is 60.3 Å². The number of aliphatic carboxylic acids is 1. The number of hydroxylamine groups is 2. The molecule has 1 N–H and O–H groups in total. The van der Waals surface area contributed by atoms with E-state index in [4.69, 9.17) is 9.94 Å². The molecule has 198 valence electrons. The van der Waals surface area contributed by atoms with E-state index in [1.54, 1.807) is 0 Å². The number of nitrogens with zero attached hydrogens (tertiary/aromatic N) is 2. The van der Waals surface area contributed by atoms with Gasteiger partial charge in [-0.05, 0) is 107 Å². The number of carbonyl (C=O) groups is 2. The van der Waals surface area contributed by atoms with Crippen LogP contribution in [-0.2, 0) is 14.4 Å². The van der Waals surface area contributed by atoms with E-state index in [0.717, 1.165) is 70.6 Å². The lowest BCUT2D eigenvalue weighted by Gasteiger charge is -2.56. The van der Waals surface area contributed by atoms with Crippen molar-refractivity contribution in [3.8, 4) is 0 Å². The molecule has 2 aliphatic rings. The van der Waals surface area contributed by atoms with Crippen molar-refractivity contribution >= 4 is 11.9 Å². The van der Waals surface area contributed by atoms with Crippen LogP contribution in [0.1, 0.15) is 139 Å². The van der Waals surface area contributed by atoms with Crippen LogP contribution >= 0.6 is 0 Å². The van der Waals surface area contributed by atoms with Gasteiger partial charge in [-0.3, -0.25) is 9.69 Å². The average Bonchev–Trinajstić information content (AvgIpc) is 2.66. The first-order chi connectivity index (χ1) is 15.6. The molecule has 1 atom stereocenters. The number of carbonyl (C=O) groups excluding carboxylic acids is 1. The first-order valence-electron chi connectivity index (χ1n) is 13.6. The van der Waals surface area contributed by atoms with Crippen LogP contribution in [-0.4, -0.2) is 55.2 Å². The highest BCUT2D eigenvalue weighted by atomic mass is 16.7. The molecule has 0 radical (unpaired) electrons. The Morgan fingerprint density at radius 3 is 1.68 bits per heavy atom. The topological polar surface area (TPSA) is 70.1 Å². The Morgan fingerprint density at radius 1 is 0.735 bits per heavy atom. The van der Waals surface area contributed by atoms with Gasteiger partial charge in [-0.1, -0.05) is 25.7 Å². The molecule has 34 heavy (non-hydrogen) atoms. The van der Waals surface area contributed by atoms with Crippen molar-refractivity contribution in [2.75, 3.05) is 0 Å². The molecule has 2 saturated heterocycles. The van der Waals surface area contributed by atoms with Crippen LogP contribution in [0.2, 0.25) is 0 Å². The Labute approximate surface area is 208 Å². The van der Waals surface area contributed by atoms with E-state index < -0.39 is 5.97 Å². The van der Waals surface area contributed by atoms with Crippen molar-refractivity contribution in [2.24, 2.45) is 0 Å². The molecule has 0 spiro atoms. The molecule has 0 bridgehead atoms. The normalized spacial score (nSPS) is 24.9. The Kier molecular flexibility index (Phi) is 9.65. The maximum Gasteiger partial charge on any atom is 0.342 e. The van der Waals surface area contributed by atoms with E-state index in [1.807, 2.05) is 5.06 Å². The zero-order chi connectivity index (χ0) is 25.8. The summed E-state index contributed by atoms with van der Waals surface area (Å²) in [7, 11) is 0. The van der Waals surface area contributed by atoms with Gasteiger partial charge in [0, 0.05) is 17.5 Å². The summed E-state index contributed by atoms with van der Waals surface area (Å²) in [6.45, 7) is 17.8. The van der Waals surface area contributed by atoms with Gasteiger partial charge in [-0.25, -0.2) is 4.79 Å². The third-order valence-electron chi connectivity index (χ3n) is 8.19. The molecular weight excluding hydrogens is 428 g/mol. The number of piperidine rings is 2. The predicted octanol–water partition coefficient (Wildman–Crippen LogP) is 6.71. The number of likely N-dealkylation sites (tertiary alicyclic amines) is 1. The molecule has 0 aliphatic carbocycles. The Morgan fingerprint density at radius 2 is 1.18 bits per heavy atom. The van der Waals surface area contributed by atoms with Crippen LogP contribution in [0.15, 0.2) is 0 Å². The van der Waals surface area contributed by atoms with Crippen LogP contribution < -0.4 is 0 Å². The van der Waals surface area contributed by atoms with Gasteiger partial charge in [-0.2, -0.15) is 0 Å². The molecule has 0 aromatic rings. The third-order valence-corrected chi connectivity index (χ3v) is 8.19. The lowest BCUT2D eigenvalue weighted by Crippen LogP contribution is -2.66. The number of unbranched alkanes of at least 4 members (excludes halogenated alkanes) is 4. The van der Waals surface area contributed by atoms with Crippen LogP contribution in [0, 0.1) is 0 Å². The van der Waals surface area contributed by atoms with Crippen molar-refractivity contribution in [1.29, 1.82) is 0 Å². The summed E-state index contributed by atoms with van der Waals surface area (Å²) < 4.78 is 0. The highest BCUT2D eigenvalue weighted by Crippen LogP contribution is 2.43.